The van der Waals surface area contributed by atoms with Gasteiger partial charge in [0.2, 0.25) is 0 Å². The highest BCUT2D eigenvalue weighted by atomic mass is 16.5. The standard InChI is InChI=1S/C26H28O2/c27-25(26-15-21-12-22(16-26)14-23(13-21)17-26)11-8-19-6-9-24(10-7-19)28-18-20-4-2-1-3-5-20/h1-11,21-23H,12-18H2. The molecule has 2 aromatic carbocycles. The van der Waals surface area contributed by atoms with Gasteiger partial charge in [-0.05, 0) is 85.6 Å². The van der Waals surface area contributed by atoms with E-state index in [1.165, 1.54) is 19.3 Å². The topological polar surface area (TPSA) is 26.3 Å². The van der Waals surface area contributed by atoms with Crippen molar-refractivity contribution in [2.45, 2.75) is 45.1 Å². The van der Waals surface area contributed by atoms with Gasteiger partial charge in [0, 0.05) is 5.41 Å². The molecule has 4 fully saturated rings. The average Bonchev–Trinajstić information content (AvgIpc) is 2.71. The number of benzene rings is 2. The third-order valence-electron chi connectivity index (χ3n) is 7.12. The van der Waals surface area contributed by atoms with Gasteiger partial charge in [-0.2, -0.15) is 0 Å². The van der Waals surface area contributed by atoms with Gasteiger partial charge in [-0.3, -0.25) is 4.79 Å². The molecule has 4 aliphatic rings. The lowest BCUT2D eigenvalue weighted by atomic mass is 9.48. The third-order valence-corrected chi connectivity index (χ3v) is 7.12. The lowest BCUT2D eigenvalue weighted by molar-refractivity contribution is -0.138. The molecule has 0 N–H and O–H groups in total. The maximum Gasteiger partial charge on any atom is 0.161 e. The first-order chi connectivity index (χ1) is 13.7. The molecule has 0 unspecified atom stereocenters. The first-order valence-corrected chi connectivity index (χ1v) is 10.7. The summed E-state index contributed by atoms with van der Waals surface area (Å²) in [5.74, 6) is 3.66. The van der Waals surface area contributed by atoms with E-state index < -0.39 is 0 Å². The zero-order valence-electron chi connectivity index (χ0n) is 16.3. The Bertz CT molecular complexity index is 828. The van der Waals surface area contributed by atoms with E-state index in [9.17, 15) is 4.79 Å². The minimum absolute atomic E-state index is 0.0377. The van der Waals surface area contributed by atoms with Gasteiger partial charge >= 0.3 is 0 Å². The van der Waals surface area contributed by atoms with E-state index in [1.807, 2.05) is 54.6 Å². The minimum atomic E-state index is -0.0377. The van der Waals surface area contributed by atoms with Crippen molar-refractivity contribution in [3.63, 3.8) is 0 Å². The van der Waals surface area contributed by atoms with Gasteiger partial charge in [-0.15, -0.1) is 0 Å². The van der Waals surface area contributed by atoms with Gasteiger partial charge in [-0.25, -0.2) is 0 Å². The highest BCUT2D eigenvalue weighted by molar-refractivity contribution is 5.98. The number of ketones is 1. The molecule has 144 valence electrons. The molecular weight excluding hydrogens is 344 g/mol. The van der Waals surface area contributed by atoms with Gasteiger partial charge in [0.15, 0.2) is 5.78 Å². The maximum absolute atomic E-state index is 13.1. The molecule has 0 radical (unpaired) electrons. The summed E-state index contributed by atoms with van der Waals surface area (Å²) in [6.45, 7) is 0.570. The summed E-state index contributed by atoms with van der Waals surface area (Å²) in [4.78, 5) is 13.1. The smallest absolute Gasteiger partial charge is 0.161 e. The van der Waals surface area contributed by atoms with Crippen molar-refractivity contribution in [1.29, 1.82) is 0 Å². The van der Waals surface area contributed by atoms with Crippen LogP contribution in [0.3, 0.4) is 0 Å². The second kappa shape index (κ2) is 7.24. The second-order valence-corrected chi connectivity index (χ2v) is 9.24. The summed E-state index contributed by atoms with van der Waals surface area (Å²) in [5.41, 5.74) is 2.18. The third kappa shape index (κ3) is 3.53. The second-order valence-electron chi connectivity index (χ2n) is 9.24. The fraction of sp³-hybridized carbons (Fsp3) is 0.423. The quantitative estimate of drug-likeness (QED) is 0.576. The lowest BCUT2D eigenvalue weighted by Gasteiger charge is -2.55. The first kappa shape index (κ1) is 17.7. The molecule has 28 heavy (non-hydrogen) atoms. The van der Waals surface area contributed by atoms with Crippen LogP contribution < -0.4 is 4.74 Å². The zero-order chi connectivity index (χ0) is 19.0. The predicted octanol–water partition coefficient (Wildman–Crippen LogP) is 6.06. The molecule has 0 heterocycles. The van der Waals surface area contributed by atoms with Crippen LogP contribution in [0.2, 0.25) is 0 Å². The molecule has 6 rings (SSSR count). The average molecular weight is 373 g/mol. The van der Waals surface area contributed by atoms with Crippen LogP contribution in [0.5, 0.6) is 5.75 Å². The Kier molecular flexibility index (Phi) is 4.58. The number of hydrogen-bond donors (Lipinski definition) is 0. The van der Waals surface area contributed by atoms with E-state index in [-0.39, 0.29) is 5.41 Å². The van der Waals surface area contributed by atoms with E-state index in [1.54, 1.807) is 0 Å². The Morgan fingerprint density at radius 3 is 2.11 bits per heavy atom. The normalized spacial score (nSPS) is 30.6. The Hall–Kier alpha value is -2.35. The number of carbonyl (C=O) groups excluding carboxylic acids is 1. The molecule has 0 atom stereocenters. The molecule has 2 heteroatoms. The molecule has 0 amide bonds. The fourth-order valence-electron chi connectivity index (χ4n) is 6.18. The van der Waals surface area contributed by atoms with Crippen LogP contribution in [-0.4, -0.2) is 5.78 Å². The largest absolute Gasteiger partial charge is 0.489 e. The number of hydrogen-bond acceptors (Lipinski definition) is 2. The molecular formula is C26H28O2. The van der Waals surface area contributed by atoms with Crippen LogP contribution in [0.15, 0.2) is 60.7 Å². The van der Waals surface area contributed by atoms with E-state index in [0.29, 0.717) is 12.4 Å². The molecule has 0 aromatic heterocycles. The van der Waals surface area contributed by atoms with Crippen molar-refractivity contribution in [3.8, 4) is 5.75 Å². The first-order valence-electron chi connectivity index (χ1n) is 10.7. The molecule has 0 aliphatic heterocycles. The Morgan fingerprint density at radius 1 is 0.893 bits per heavy atom. The van der Waals surface area contributed by atoms with Crippen LogP contribution in [0.1, 0.15) is 49.7 Å². The number of carbonyl (C=O) groups is 1. The summed E-state index contributed by atoms with van der Waals surface area (Å²) >= 11 is 0. The molecule has 0 saturated heterocycles. The monoisotopic (exact) mass is 372 g/mol. The van der Waals surface area contributed by atoms with Gasteiger partial charge in [0.25, 0.3) is 0 Å². The molecule has 2 nitrogen and oxygen atoms in total. The van der Waals surface area contributed by atoms with Gasteiger partial charge in [0.1, 0.15) is 12.4 Å². The summed E-state index contributed by atoms with van der Waals surface area (Å²) in [7, 11) is 0. The van der Waals surface area contributed by atoms with Crippen LogP contribution in [0.25, 0.3) is 6.08 Å². The highest BCUT2D eigenvalue weighted by Crippen LogP contribution is 2.60. The van der Waals surface area contributed by atoms with Gasteiger partial charge in [0.05, 0.1) is 0 Å². The molecule has 4 bridgehead atoms. The maximum atomic E-state index is 13.1. The summed E-state index contributed by atoms with van der Waals surface area (Å²) < 4.78 is 5.85. The van der Waals surface area contributed by atoms with Crippen molar-refractivity contribution in [1.82, 2.24) is 0 Å². The molecule has 2 aromatic rings. The highest BCUT2D eigenvalue weighted by Gasteiger charge is 2.53. The van der Waals surface area contributed by atoms with E-state index in [0.717, 1.165) is 53.9 Å². The van der Waals surface area contributed by atoms with E-state index in [2.05, 4.69) is 12.1 Å². The van der Waals surface area contributed by atoms with Crippen LogP contribution in [0, 0.1) is 23.2 Å². The molecule has 4 saturated carbocycles. The van der Waals surface area contributed by atoms with Crippen molar-refractivity contribution in [2.24, 2.45) is 23.2 Å². The lowest BCUT2D eigenvalue weighted by Crippen LogP contribution is -2.49. The van der Waals surface area contributed by atoms with Crippen LogP contribution >= 0.6 is 0 Å². The Labute approximate surface area is 167 Å². The minimum Gasteiger partial charge on any atom is -0.489 e. The van der Waals surface area contributed by atoms with Gasteiger partial charge in [-0.1, -0.05) is 48.5 Å². The zero-order valence-corrected chi connectivity index (χ0v) is 16.3. The van der Waals surface area contributed by atoms with Crippen LogP contribution in [-0.2, 0) is 11.4 Å². The Balaban J connectivity index is 1.21. The van der Waals surface area contributed by atoms with Crippen molar-refractivity contribution >= 4 is 11.9 Å². The van der Waals surface area contributed by atoms with Gasteiger partial charge < -0.3 is 4.74 Å². The summed E-state index contributed by atoms with van der Waals surface area (Å²) in [6.07, 6.45) is 11.4. The number of ether oxygens (including phenoxy) is 1. The Morgan fingerprint density at radius 2 is 1.50 bits per heavy atom. The van der Waals surface area contributed by atoms with Crippen molar-refractivity contribution in [2.75, 3.05) is 0 Å². The van der Waals surface area contributed by atoms with Crippen molar-refractivity contribution < 1.29 is 9.53 Å². The number of rotatable bonds is 6. The van der Waals surface area contributed by atoms with E-state index >= 15 is 0 Å². The molecule has 4 aliphatic carbocycles. The molecule has 0 spiro atoms. The predicted molar refractivity (Wildman–Crippen MR) is 112 cm³/mol. The fourth-order valence-corrected chi connectivity index (χ4v) is 6.18. The number of allylic oxidation sites excluding steroid dienone is 1. The van der Waals surface area contributed by atoms with Crippen molar-refractivity contribution in [3.05, 3.63) is 71.8 Å². The SMILES string of the molecule is O=C(C=Cc1ccc(OCc2ccccc2)cc1)C12CC3CC(CC(C3)C1)C2. The summed E-state index contributed by atoms with van der Waals surface area (Å²) in [5, 5.41) is 0. The van der Waals surface area contributed by atoms with E-state index in [4.69, 9.17) is 4.74 Å². The van der Waals surface area contributed by atoms with Crippen LogP contribution in [0.4, 0.5) is 0 Å². The summed E-state index contributed by atoms with van der Waals surface area (Å²) in [6, 6.07) is 18.2.